The van der Waals surface area contributed by atoms with E-state index in [1.54, 1.807) is 48.5 Å². The van der Waals surface area contributed by atoms with Crippen molar-refractivity contribution >= 4 is 17.5 Å². The van der Waals surface area contributed by atoms with Crippen LogP contribution in [0.25, 0.3) is 0 Å². The van der Waals surface area contributed by atoms with Gasteiger partial charge in [0.15, 0.2) is 12.5 Å². The van der Waals surface area contributed by atoms with E-state index in [1.807, 2.05) is 6.92 Å². The molecule has 2 N–H and O–H groups in total. The van der Waals surface area contributed by atoms with E-state index in [9.17, 15) is 9.59 Å². The van der Waals surface area contributed by atoms with E-state index in [4.69, 9.17) is 9.47 Å². The number of carbonyl (C=O) groups is 2. The SMILES string of the molecule is CCOc1ccc(OCNC(=O)Nc2cccc(C(C)=O)c2)cc1. The number of Topliss-reactive ketones (excluding diaryl/α,β-unsaturated/α-hetero) is 1. The van der Waals surface area contributed by atoms with Crippen LogP contribution in [0.2, 0.25) is 0 Å². The first-order valence-corrected chi connectivity index (χ1v) is 7.60. The predicted molar refractivity (Wildman–Crippen MR) is 91.7 cm³/mol. The lowest BCUT2D eigenvalue weighted by molar-refractivity contribution is 0.101. The van der Waals surface area contributed by atoms with Crippen LogP contribution in [0, 0.1) is 0 Å². The first-order valence-electron chi connectivity index (χ1n) is 7.60. The molecule has 0 fully saturated rings. The van der Waals surface area contributed by atoms with Gasteiger partial charge in [0.05, 0.1) is 6.61 Å². The topological polar surface area (TPSA) is 76.7 Å². The van der Waals surface area contributed by atoms with Crippen molar-refractivity contribution in [3.05, 3.63) is 54.1 Å². The molecule has 2 aromatic carbocycles. The van der Waals surface area contributed by atoms with E-state index in [2.05, 4.69) is 10.6 Å². The zero-order chi connectivity index (χ0) is 17.4. The summed E-state index contributed by atoms with van der Waals surface area (Å²) in [6.45, 7) is 4.02. The highest BCUT2D eigenvalue weighted by molar-refractivity contribution is 5.96. The molecule has 2 rings (SSSR count). The summed E-state index contributed by atoms with van der Waals surface area (Å²) in [4.78, 5) is 23.1. The average Bonchev–Trinajstić information content (AvgIpc) is 2.57. The molecule has 0 aromatic heterocycles. The van der Waals surface area contributed by atoms with Gasteiger partial charge in [-0.25, -0.2) is 4.79 Å². The summed E-state index contributed by atoms with van der Waals surface area (Å²) in [5.74, 6) is 1.33. The molecule has 0 saturated carbocycles. The van der Waals surface area contributed by atoms with Crippen molar-refractivity contribution in [3.63, 3.8) is 0 Å². The van der Waals surface area contributed by atoms with Crippen LogP contribution in [0.4, 0.5) is 10.5 Å². The Kier molecular flexibility index (Phi) is 6.19. The lowest BCUT2D eigenvalue weighted by Crippen LogP contribution is -2.32. The van der Waals surface area contributed by atoms with E-state index in [0.717, 1.165) is 5.75 Å². The van der Waals surface area contributed by atoms with Crippen molar-refractivity contribution in [1.29, 1.82) is 0 Å². The molecule has 0 aliphatic heterocycles. The summed E-state index contributed by atoms with van der Waals surface area (Å²) in [6.07, 6.45) is 0. The fourth-order valence-corrected chi connectivity index (χ4v) is 1.97. The van der Waals surface area contributed by atoms with Gasteiger partial charge in [0, 0.05) is 11.3 Å². The fraction of sp³-hybridized carbons (Fsp3) is 0.222. The first kappa shape index (κ1) is 17.3. The minimum atomic E-state index is -0.415. The van der Waals surface area contributed by atoms with Crippen LogP contribution in [-0.2, 0) is 0 Å². The Bertz CT molecular complexity index is 698. The number of ketones is 1. The normalized spacial score (nSPS) is 9.92. The second-order valence-electron chi connectivity index (χ2n) is 4.96. The van der Waals surface area contributed by atoms with Gasteiger partial charge >= 0.3 is 6.03 Å². The summed E-state index contributed by atoms with van der Waals surface area (Å²) in [5.41, 5.74) is 1.08. The van der Waals surface area contributed by atoms with Crippen molar-refractivity contribution in [1.82, 2.24) is 5.32 Å². The van der Waals surface area contributed by atoms with Gasteiger partial charge in [0.1, 0.15) is 11.5 Å². The van der Waals surface area contributed by atoms with Crippen molar-refractivity contribution in [2.45, 2.75) is 13.8 Å². The zero-order valence-electron chi connectivity index (χ0n) is 13.7. The Morgan fingerprint density at radius 1 is 1.00 bits per heavy atom. The number of carbonyl (C=O) groups excluding carboxylic acids is 2. The van der Waals surface area contributed by atoms with Crippen molar-refractivity contribution < 1.29 is 19.1 Å². The van der Waals surface area contributed by atoms with Gasteiger partial charge in [-0.2, -0.15) is 0 Å². The molecule has 2 aromatic rings. The zero-order valence-corrected chi connectivity index (χ0v) is 13.7. The molecule has 0 aliphatic rings. The number of anilines is 1. The number of nitrogens with one attached hydrogen (secondary N) is 2. The van der Waals surface area contributed by atoms with Crippen LogP contribution in [0.1, 0.15) is 24.2 Å². The van der Waals surface area contributed by atoms with Gasteiger partial charge in [-0.15, -0.1) is 0 Å². The number of ether oxygens (including phenoxy) is 2. The van der Waals surface area contributed by atoms with E-state index in [1.165, 1.54) is 6.92 Å². The number of benzene rings is 2. The average molecular weight is 328 g/mol. The summed E-state index contributed by atoms with van der Waals surface area (Å²) >= 11 is 0. The number of rotatable bonds is 7. The summed E-state index contributed by atoms with van der Waals surface area (Å²) in [7, 11) is 0. The van der Waals surface area contributed by atoms with Gasteiger partial charge in [-0.1, -0.05) is 12.1 Å². The summed E-state index contributed by atoms with van der Waals surface area (Å²) < 4.78 is 10.8. The molecular formula is C18H20N2O4. The molecule has 0 saturated heterocycles. The van der Waals surface area contributed by atoms with Crippen LogP contribution in [0.5, 0.6) is 11.5 Å². The van der Waals surface area contributed by atoms with Crippen LogP contribution in [0.15, 0.2) is 48.5 Å². The third-order valence-electron chi connectivity index (χ3n) is 3.13. The second kappa shape index (κ2) is 8.57. The van der Waals surface area contributed by atoms with Crippen molar-refractivity contribution in [2.24, 2.45) is 0 Å². The van der Waals surface area contributed by atoms with E-state index < -0.39 is 6.03 Å². The molecular weight excluding hydrogens is 308 g/mol. The number of amides is 2. The molecule has 0 spiro atoms. The Labute approximate surface area is 140 Å². The standard InChI is InChI=1S/C18H20N2O4/c1-3-23-16-7-9-17(10-8-16)24-12-19-18(22)20-15-6-4-5-14(11-15)13(2)21/h4-11H,3,12H2,1-2H3,(H2,19,20,22). The monoisotopic (exact) mass is 328 g/mol. The van der Waals surface area contributed by atoms with Crippen LogP contribution in [0.3, 0.4) is 0 Å². The summed E-state index contributed by atoms with van der Waals surface area (Å²) in [6, 6.07) is 13.4. The highest BCUT2D eigenvalue weighted by atomic mass is 16.5. The third-order valence-corrected chi connectivity index (χ3v) is 3.13. The van der Waals surface area contributed by atoms with Crippen LogP contribution in [-0.4, -0.2) is 25.2 Å². The molecule has 0 atom stereocenters. The molecule has 126 valence electrons. The molecule has 24 heavy (non-hydrogen) atoms. The molecule has 0 heterocycles. The summed E-state index contributed by atoms with van der Waals surface area (Å²) in [5, 5.41) is 5.23. The van der Waals surface area contributed by atoms with Crippen LogP contribution >= 0.6 is 0 Å². The Morgan fingerprint density at radius 2 is 1.67 bits per heavy atom. The molecule has 2 amide bonds. The number of urea groups is 1. The number of hydrogen-bond acceptors (Lipinski definition) is 4. The Balaban J connectivity index is 1.79. The van der Waals surface area contributed by atoms with Crippen molar-refractivity contribution in [2.75, 3.05) is 18.7 Å². The Morgan fingerprint density at radius 3 is 2.29 bits per heavy atom. The van der Waals surface area contributed by atoms with Gasteiger partial charge in [-0.3, -0.25) is 4.79 Å². The van der Waals surface area contributed by atoms with E-state index >= 15 is 0 Å². The maximum atomic E-state index is 11.8. The molecule has 0 unspecified atom stereocenters. The molecule has 0 aliphatic carbocycles. The lowest BCUT2D eigenvalue weighted by Gasteiger charge is -2.10. The lowest BCUT2D eigenvalue weighted by atomic mass is 10.1. The molecule has 6 heteroatoms. The molecule has 0 bridgehead atoms. The van der Waals surface area contributed by atoms with Gasteiger partial charge in [0.25, 0.3) is 0 Å². The minimum absolute atomic E-state index is 0.0201. The van der Waals surface area contributed by atoms with Crippen molar-refractivity contribution in [3.8, 4) is 11.5 Å². The maximum absolute atomic E-state index is 11.8. The molecule has 6 nitrogen and oxygen atoms in total. The third kappa shape index (κ3) is 5.31. The van der Waals surface area contributed by atoms with E-state index in [-0.39, 0.29) is 12.5 Å². The van der Waals surface area contributed by atoms with E-state index in [0.29, 0.717) is 23.6 Å². The highest BCUT2D eigenvalue weighted by Gasteiger charge is 2.04. The first-order chi connectivity index (χ1) is 11.6. The highest BCUT2D eigenvalue weighted by Crippen LogP contribution is 2.17. The largest absolute Gasteiger partial charge is 0.494 e. The quantitative estimate of drug-likeness (QED) is 0.603. The number of hydrogen-bond donors (Lipinski definition) is 2. The fourth-order valence-electron chi connectivity index (χ4n) is 1.97. The van der Waals surface area contributed by atoms with Gasteiger partial charge in [-0.05, 0) is 50.2 Å². The van der Waals surface area contributed by atoms with Gasteiger partial charge in [0.2, 0.25) is 0 Å². The minimum Gasteiger partial charge on any atom is -0.494 e. The van der Waals surface area contributed by atoms with Gasteiger partial charge < -0.3 is 20.1 Å². The Hall–Kier alpha value is -3.02. The molecule has 0 radical (unpaired) electrons. The van der Waals surface area contributed by atoms with Crippen LogP contribution < -0.4 is 20.1 Å². The smallest absolute Gasteiger partial charge is 0.321 e. The predicted octanol–water partition coefficient (Wildman–Crippen LogP) is 3.45. The second-order valence-corrected chi connectivity index (χ2v) is 4.96. The maximum Gasteiger partial charge on any atom is 0.321 e.